The fourth-order valence-electron chi connectivity index (χ4n) is 3.67. The van der Waals surface area contributed by atoms with Crippen LogP contribution in [0.2, 0.25) is 0 Å². The first-order valence-corrected chi connectivity index (χ1v) is 6.66. The lowest BCUT2D eigenvalue weighted by Gasteiger charge is -2.49. The van der Waals surface area contributed by atoms with Gasteiger partial charge in [0.25, 0.3) is 0 Å². The van der Waals surface area contributed by atoms with Gasteiger partial charge < -0.3 is 10.6 Å². The molecule has 1 saturated carbocycles. The third-order valence-corrected chi connectivity index (χ3v) is 4.53. The molecule has 2 nitrogen and oxygen atoms in total. The molecule has 15 heavy (non-hydrogen) atoms. The van der Waals surface area contributed by atoms with E-state index >= 15 is 0 Å². The third kappa shape index (κ3) is 2.36. The number of likely N-dealkylation sites (tertiary alicyclic amines) is 1. The van der Waals surface area contributed by atoms with E-state index in [4.69, 9.17) is 5.73 Å². The number of rotatable bonds is 3. The summed E-state index contributed by atoms with van der Waals surface area (Å²) in [5.74, 6) is 2.84. The van der Waals surface area contributed by atoms with Crippen molar-refractivity contribution in [3.63, 3.8) is 0 Å². The number of nitrogens with zero attached hydrogens (tertiary/aromatic N) is 1. The van der Waals surface area contributed by atoms with E-state index in [9.17, 15) is 0 Å². The van der Waals surface area contributed by atoms with Crippen LogP contribution in [0.4, 0.5) is 0 Å². The van der Waals surface area contributed by atoms with Gasteiger partial charge in [-0.2, -0.15) is 0 Å². The molecule has 2 atom stereocenters. The molecule has 2 N–H and O–H groups in total. The van der Waals surface area contributed by atoms with Crippen molar-refractivity contribution in [2.24, 2.45) is 23.5 Å². The molecular weight excluding hydrogens is 184 g/mol. The standard InChI is InChI=1S/C13H26N2/c1-10(2)15-8-11-4-3-5-12(9-15)13(11)6-7-14/h10-13H,3-9,14H2,1-2H3. The highest BCUT2D eigenvalue weighted by atomic mass is 15.2. The molecular formula is C13H26N2. The molecule has 1 saturated heterocycles. The Morgan fingerprint density at radius 3 is 2.27 bits per heavy atom. The molecule has 2 rings (SSSR count). The number of hydrogen-bond donors (Lipinski definition) is 1. The first kappa shape index (κ1) is 11.4. The zero-order valence-electron chi connectivity index (χ0n) is 10.3. The lowest BCUT2D eigenvalue weighted by Crippen LogP contribution is -2.51. The van der Waals surface area contributed by atoms with Crippen LogP contribution < -0.4 is 5.73 Å². The molecule has 0 amide bonds. The second-order valence-corrected chi connectivity index (χ2v) is 5.74. The minimum Gasteiger partial charge on any atom is -0.330 e. The zero-order chi connectivity index (χ0) is 10.8. The van der Waals surface area contributed by atoms with E-state index in [1.165, 1.54) is 38.8 Å². The Morgan fingerprint density at radius 2 is 1.80 bits per heavy atom. The van der Waals surface area contributed by atoms with Crippen molar-refractivity contribution >= 4 is 0 Å². The van der Waals surface area contributed by atoms with Crippen LogP contribution in [0, 0.1) is 17.8 Å². The second kappa shape index (κ2) is 4.84. The molecule has 0 aromatic rings. The van der Waals surface area contributed by atoms with Gasteiger partial charge in [0.15, 0.2) is 0 Å². The summed E-state index contributed by atoms with van der Waals surface area (Å²) < 4.78 is 0. The Bertz CT molecular complexity index is 189. The van der Waals surface area contributed by atoms with E-state index in [0.717, 1.165) is 30.3 Å². The molecule has 0 spiro atoms. The van der Waals surface area contributed by atoms with E-state index < -0.39 is 0 Å². The summed E-state index contributed by atoms with van der Waals surface area (Å²) in [5.41, 5.74) is 5.74. The highest BCUT2D eigenvalue weighted by Crippen LogP contribution is 2.41. The Kier molecular flexibility index (Phi) is 3.68. The van der Waals surface area contributed by atoms with Gasteiger partial charge in [-0.1, -0.05) is 6.42 Å². The Balaban J connectivity index is 2.01. The fraction of sp³-hybridized carbons (Fsp3) is 1.00. The summed E-state index contributed by atoms with van der Waals surface area (Å²) in [5, 5.41) is 0. The molecule has 2 heteroatoms. The van der Waals surface area contributed by atoms with Gasteiger partial charge in [-0.25, -0.2) is 0 Å². The predicted molar refractivity (Wildman–Crippen MR) is 64.7 cm³/mol. The summed E-state index contributed by atoms with van der Waals surface area (Å²) in [4.78, 5) is 2.68. The molecule has 1 heterocycles. The molecule has 1 aliphatic carbocycles. The van der Waals surface area contributed by atoms with Crippen LogP contribution in [0.3, 0.4) is 0 Å². The van der Waals surface area contributed by atoms with Gasteiger partial charge in [0.05, 0.1) is 0 Å². The molecule has 0 aromatic heterocycles. The van der Waals surface area contributed by atoms with Crippen LogP contribution >= 0.6 is 0 Å². The Labute approximate surface area is 94.2 Å². The molecule has 2 aliphatic rings. The third-order valence-electron chi connectivity index (χ3n) is 4.53. The van der Waals surface area contributed by atoms with E-state index in [0.29, 0.717) is 0 Å². The van der Waals surface area contributed by atoms with Gasteiger partial charge in [0, 0.05) is 19.1 Å². The van der Waals surface area contributed by atoms with Crippen molar-refractivity contribution in [1.29, 1.82) is 0 Å². The maximum atomic E-state index is 5.74. The molecule has 2 bridgehead atoms. The Hall–Kier alpha value is -0.0800. The average Bonchev–Trinajstić information content (AvgIpc) is 2.17. The van der Waals surface area contributed by atoms with Gasteiger partial charge in [-0.3, -0.25) is 0 Å². The second-order valence-electron chi connectivity index (χ2n) is 5.74. The highest BCUT2D eigenvalue weighted by Gasteiger charge is 2.39. The van der Waals surface area contributed by atoms with E-state index in [2.05, 4.69) is 18.7 Å². The highest BCUT2D eigenvalue weighted by molar-refractivity contribution is 4.91. The molecule has 0 aromatic carbocycles. The van der Waals surface area contributed by atoms with Crippen LogP contribution in [0.5, 0.6) is 0 Å². The predicted octanol–water partition coefficient (Wildman–Crippen LogP) is 2.09. The fourth-order valence-corrected chi connectivity index (χ4v) is 3.67. The van der Waals surface area contributed by atoms with E-state index in [-0.39, 0.29) is 0 Å². The maximum absolute atomic E-state index is 5.74. The van der Waals surface area contributed by atoms with Crippen LogP contribution in [0.15, 0.2) is 0 Å². The van der Waals surface area contributed by atoms with Crippen molar-refractivity contribution < 1.29 is 0 Å². The summed E-state index contributed by atoms with van der Waals surface area (Å²) in [7, 11) is 0. The Morgan fingerprint density at radius 1 is 1.20 bits per heavy atom. The summed E-state index contributed by atoms with van der Waals surface area (Å²) in [6.45, 7) is 8.22. The molecule has 88 valence electrons. The molecule has 2 unspecified atom stereocenters. The minimum atomic E-state index is 0.729. The minimum absolute atomic E-state index is 0.729. The number of hydrogen-bond acceptors (Lipinski definition) is 2. The van der Waals surface area contributed by atoms with Crippen molar-refractivity contribution in [1.82, 2.24) is 4.90 Å². The van der Waals surface area contributed by atoms with Crippen molar-refractivity contribution in [3.8, 4) is 0 Å². The summed E-state index contributed by atoms with van der Waals surface area (Å²) in [6.07, 6.45) is 5.62. The van der Waals surface area contributed by atoms with Gasteiger partial charge >= 0.3 is 0 Å². The largest absolute Gasteiger partial charge is 0.330 e. The van der Waals surface area contributed by atoms with Crippen LogP contribution in [-0.2, 0) is 0 Å². The molecule has 0 radical (unpaired) electrons. The van der Waals surface area contributed by atoms with Crippen LogP contribution in [0.25, 0.3) is 0 Å². The van der Waals surface area contributed by atoms with Crippen molar-refractivity contribution in [3.05, 3.63) is 0 Å². The summed E-state index contributed by atoms with van der Waals surface area (Å²) >= 11 is 0. The smallest absolute Gasteiger partial charge is 0.00388 e. The first-order valence-electron chi connectivity index (χ1n) is 6.66. The van der Waals surface area contributed by atoms with Crippen molar-refractivity contribution in [2.45, 2.75) is 45.6 Å². The lowest BCUT2D eigenvalue weighted by atomic mass is 9.67. The van der Waals surface area contributed by atoms with Crippen molar-refractivity contribution in [2.75, 3.05) is 19.6 Å². The zero-order valence-corrected chi connectivity index (χ0v) is 10.3. The van der Waals surface area contributed by atoms with E-state index in [1.807, 2.05) is 0 Å². The van der Waals surface area contributed by atoms with E-state index in [1.54, 1.807) is 0 Å². The monoisotopic (exact) mass is 210 g/mol. The normalized spacial score (nSPS) is 37.2. The number of nitrogens with two attached hydrogens (primary N) is 1. The average molecular weight is 210 g/mol. The number of piperidine rings is 1. The van der Waals surface area contributed by atoms with Gasteiger partial charge in [-0.05, 0) is 57.4 Å². The molecule has 1 aliphatic heterocycles. The van der Waals surface area contributed by atoms with Crippen LogP contribution in [-0.4, -0.2) is 30.6 Å². The van der Waals surface area contributed by atoms with Crippen LogP contribution in [0.1, 0.15) is 39.5 Å². The van der Waals surface area contributed by atoms with Gasteiger partial charge in [0.1, 0.15) is 0 Å². The van der Waals surface area contributed by atoms with Gasteiger partial charge in [0.2, 0.25) is 0 Å². The quantitative estimate of drug-likeness (QED) is 0.773. The first-order chi connectivity index (χ1) is 7.22. The topological polar surface area (TPSA) is 29.3 Å². The maximum Gasteiger partial charge on any atom is 0.00388 e. The SMILES string of the molecule is CC(C)N1CC2CCCC(C1)C2CCN. The lowest BCUT2D eigenvalue weighted by molar-refractivity contribution is 0.00498. The summed E-state index contributed by atoms with van der Waals surface area (Å²) in [6, 6.07) is 0.729. The number of fused-ring (bicyclic) bond motifs is 2. The molecule has 2 fully saturated rings. The van der Waals surface area contributed by atoms with Gasteiger partial charge in [-0.15, -0.1) is 0 Å².